The molecular formula is C17H16ClFN6O2. The van der Waals surface area contributed by atoms with E-state index in [0.717, 1.165) is 6.20 Å². The number of nitrogens with zero attached hydrogens (tertiary/aromatic N) is 4. The Bertz CT molecular complexity index is 1020. The van der Waals surface area contributed by atoms with Gasteiger partial charge in [-0.25, -0.2) is 8.91 Å². The van der Waals surface area contributed by atoms with Crippen molar-refractivity contribution in [2.45, 2.75) is 13.0 Å². The van der Waals surface area contributed by atoms with Crippen molar-refractivity contribution < 1.29 is 14.2 Å². The molecule has 1 atom stereocenters. The summed E-state index contributed by atoms with van der Waals surface area (Å²) >= 11 is 6.21. The van der Waals surface area contributed by atoms with Gasteiger partial charge in [-0.2, -0.15) is 10.2 Å². The summed E-state index contributed by atoms with van der Waals surface area (Å²) in [4.78, 5) is 3.94. The van der Waals surface area contributed by atoms with Crippen molar-refractivity contribution in [3.05, 3.63) is 58.9 Å². The molecule has 27 heavy (non-hydrogen) atoms. The first kappa shape index (κ1) is 18.7. The normalized spacial score (nSPS) is 13.0. The number of nitrogens with one attached hydrogen (secondary N) is 1. The second-order valence-corrected chi connectivity index (χ2v) is 6.08. The molecule has 0 bridgehead atoms. The topological polar surface area (TPSA) is 122 Å². The molecule has 3 rings (SSSR count). The van der Waals surface area contributed by atoms with Gasteiger partial charge in [-0.1, -0.05) is 11.6 Å². The highest BCUT2D eigenvalue weighted by atomic mass is 35.5. The van der Waals surface area contributed by atoms with Gasteiger partial charge in [0, 0.05) is 11.8 Å². The van der Waals surface area contributed by atoms with Gasteiger partial charge in [0.05, 0.1) is 35.4 Å². The van der Waals surface area contributed by atoms with Crippen molar-refractivity contribution in [1.82, 2.24) is 14.6 Å². The lowest BCUT2D eigenvalue weighted by Gasteiger charge is -2.18. The van der Waals surface area contributed by atoms with Gasteiger partial charge in [-0.3, -0.25) is 4.98 Å². The fourth-order valence-corrected chi connectivity index (χ4v) is 2.80. The van der Waals surface area contributed by atoms with E-state index in [1.165, 1.54) is 22.8 Å². The van der Waals surface area contributed by atoms with Gasteiger partial charge in [-0.15, -0.1) is 0 Å². The molecule has 0 aliphatic carbocycles. The molecule has 0 saturated carbocycles. The molecule has 0 aliphatic rings. The summed E-state index contributed by atoms with van der Waals surface area (Å²) in [6.45, 7) is 1.15. The minimum absolute atomic E-state index is 0.153. The van der Waals surface area contributed by atoms with E-state index in [1.807, 2.05) is 0 Å². The number of hydrogen-bond donors (Lipinski definition) is 3. The predicted molar refractivity (Wildman–Crippen MR) is 99.0 cm³/mol. The summed E-state index contributed by atoms with van der Waals surface area (Å²) in [6, 6.07) is 4.24. The number of aliphatic hydroxyl groups is 1. The Morgan fingerprint density at radius 2 is 2.26 bits per heavy atom. The molecule has 0 amide bonds. The summed E-state index contributed by atoms with van der Waals surface area (Å²) in [5, 5.41) is 25.6. The van der Waals surface area contributed by atoms with Crippen LogP contribution in [0.2, 0.25) is 5.02 Å². The Morgan fingerprint density at radius 1 is 1.48 bits per heavy atom. The van der Waals surface area contributed by atoms with Crippen LogP contribution in [0.25, 0.3) is 5.52 Å². The molecule has 3 heterocycles. The van der Waals surface area contributed by atoms with Gasteiger partial charge in [0.25, 0.3) is 0 Å². The highest BCUT2D eigenvalue weighted by Gasteiger charge is 2.20. The summed E-state index contributed by atoms with van der Waals surface area (Å²) < 4.78 is 20.5. The first-order chi connectivity index (χ1) is 12.9. The molecule has 8 nitrogen and oxygen atoms in total. The molecule has 3 aromatic rings. The molecular weight excluding hydrogens is 375 g/mol. The lowest BCUT2D eigenvalue weighted by molar-refractivity contribution is 0.114. The van der Waals surface area contributed by atoms with Crippen molar-refractivity contribution in [3.63, 3.8) is 0 Å². The molecule has 10 heteroatoms. The molecule has 0 saturated heterocycles. The van der Waals surface area contributed by atoms with Crippen LogP contribution >= 0.6 is 11.6 Å². The fraction of sp³-hybridized carbons (Fsp3) is 0.176. The Labute approximate surface area is 158 Å². The van der Waals surface area contributed by atoms with Crippen LogP contribution in [0, 0.1) is 11.2 Å². The number of ether oxygens (including phenoxy) is 1. The zero-order valence-corrected chi connectivity index (χ0v) is 15.0. The van der Waals surface area contributed by atoms with Crippen LogP contribution in [-0.2, 0) is 0 Å². The quantitative estimate of drug-likeness (QED) is 0.339. The Morgan fingerprint density at radius 3 is 2.85 bits per heavy atom. The van der Waals surface area contributed by atoms with E-state index >= 15 is 0 Å². The van der Waals surface area contributed by atoms with Crippen LogP contribution < -0.4 is 10.6 Å². The first-order valence-electron chi connectivity index (χ1n) is 7.84. The summed E-state index contributed by atoms with van der Waals surface area (Å²) in [6.07, 6.45) is 3.22. The van der Waals surface area contributed by atoms with E-state index in [-0.39, 0.29) is 17.2 Å². The van der Waals surface area contributed by atoms with Crippen LogP contribution in [0.4, 0.5) is 4.39 Å². The highest BCUT2D eigenvalue weighted by molar-refractivity contribution is 6.46. The van der Waals surface area contributed by atoms with Gasteiger partial charge < -0.3 is 21.1 Å². The minimum atomic E-state index is -0.866. The molecule has 4 N–H and O–H groups in total. The van der Waals surface area contributed by atoms with E-state index in [9.17, 15) is 9.50 Å². The number of nitrogens with two attached hydrogens (primary N) is 1. The third-order valence-corrected chi connectivity index (χ3v) is 4.08. The lowest BCUT2D eigenvalue weighted by atomic mass is 10.1. The van der Waals surface area contributed by atoms with Crippen LogP contribution in [0.3, 0.4) is 0 Å². The SMILES string of the molecule is CC(=N)/C(=N\N)c1cc(OC(CO)c2ccc(F)cn2)c2c(Cl)cnn2c1. The number of fused-ring (bicyclic) bond motifs is 1. The maximum atomic E-state index is 13.1. The van der Waals surface area contributed by atoms with Gasteiger partial charge in [-0.05, 0) is 25.1 Å². The Hall–Kier alpha value is -3.04. The number of halogens is 2. The van der Waals surface area contributed by atoms with Crippen molar-refractivity contribution in [2.75, 3.05) is 6.61 Å². The molecule has 1 unspecified atom stereocenters. The molecule has 140 valence electrons. The maximum Gasteiger partial charge on any atom is 0.163 e. The largest absolute Gasteiger partial charge is 0.479 e. The number of pyridine rings is 2. The Balaban J connectivity index is 2.09. The number of hydrazone groups is 1. The van der Waals surface area contributed by atoms with E-state index in [1.54, 1.807) is 19.2 Å². The summed E-state index contributed by atoms with van der Waals surface area (Å²) in [5.41, 5.74) is 1.68. The number of aliphatic hydroxyl groups excluding tert-OH is 1. The number of aromatic nitrogens is 3. The van der Waals surface area contributed by atoms with Gasteiger partial charge in [0.15, 0.2) is 6.10 Å². The van der Waals surface area contributed by atoms with Crippen molar-refractivity contribution in [2.24, 2.45) is 10.9 Å². The van der Waals surface area contributed by atoms with Gasteiger partial charge in [0.1, 0.15) is 22.8 Å². The maximum absolute atomic E-state index is 13.1. The van der Waals surface area contributed by atoms with Crippen LogP contribution in [0.15, 0.2) is 41.9 Å². The molecule has 0 aromatic carbocycles. The predicted octanol–water partition coefficient (Wildman–Crippen LogP) is 2.34. The van der Waals surface area contributed by atoms with E-state index in [4.69, 9.17) is 27.6 Å². The molecule has 0 spiro atoms. The van der Waals surface area contributed by atoms with E-state index in [0.29, 0.717) is 21.8 Å². The zero-order valence-electron chi connectivity index (χ0n) is 14.2. The summed E-state index contributed by atoms with van der Waals surface area (Å²) in [5.74, 6) is 5.19. The average Bonchev–Trinajstić information content (AvgIpc) is 3.02. The standard InChI is InChI=1S/C17H16ClFN6O2/c1-9(20)16(24-21)10-4-14(17-12(18)6-23-25(17)7-10)27-15(8-26)13-3-2-11(19)5-22-13/h2-7,15,20,26H,8,21H2,1H3/b20-9?,24-16+. The minimum Gasteiger partial charge on any atom is -0.479 e. The smallest absolute Gasteiger partial charge is 0.163 e. The van der Waals surface area contributed by atoms with Crippen molar-refractivity contribution in [1.29, 1.82) is 5.41 Å². The number of rotatable bonds is 6. The fourth-order valence-electron chi connectivity index (χ4n) is 2.58. The second-order valence-electron chi connectivity index (χ2n) is 5.67. The molecule has 3 aromatic heterocycles. The third kappa shape index (κ3) is 3.74. The molecule has 0 radical (unpaired) electrons. The van der Waals surface area contributed by atoms with Gasteiger partial charge >= 0.3 is 0 Å². The highest BCUT2D eigenvalue weighted by Crippen LogP contribution is 2.31. The van der Waals surface area contributed by atoms with Crippen LogP contribution in [0.5, 0.6) is 5.75 Å². The second kappa shape index (κ2) is 7.68. The summed E-state index contributed by atoms with van der Waals surface area (Å²) in [7, 11) is 0. The monoisotopic (exact) mass is 390 g/mol. The molecule has 0 aliphatic heterocycles. The van der Waals surface area contributed by atoms with Crippen LogP contribution in [0.1, 0.15) is 24.3 Å². The average molecular weight is 391 g/mol. The van der Waals surface area contributed by atoms with Crippen molar-refractivity contribution >= 4 is 28.5 Å². The van der Waals surface area contributed by atoms with Crippen LogP contribution in [-0.4, -0.2) is 37.7 Å². The Kier molecular flexibility index (Phi) is 5.33. The van der Waals surface area contributed by atoms with Crippen molar-refractivity contribution in [3.8, 4) is 5.75 Å². The van der Waals surface area contributed by atoms with E-state index in [2.05, 4.69) is 15.2 Å². The first-order valence-corrected chi connectivity index (χ1v) is 8.22. The number of hydrogen-bond acceptors (Lipinski definition) is 7. The third-order valence-electron chi connectivity index (χ3n) is 3.81. The zero-order chi connectivity index (χ0) is 19.6. The lowest BCUT2D eigenvalue weighted by Crippen LogP contribution is -2.17. The molecule has 0 fully saturated rings. The van der Waals surface area contributed by atoms with E-state index < -0.39 is 18.5 Å². The van der Waals surface area contributed by atoms with Gasteiger partial charge in [0.2, 0.25) is 0 Å².